The molecule has 0 aliphatic heterocycles. The highest BCUT2D eigenvalue weighted by atomic mass is 28.4. The summed E-state index contributed by atoms with van der Waals surface area (Å²) in [6.07, 6.45) is 54.4. The number of unbranched alkanes of at least 4 members (excludes halogenated alkanes) is 21. The maximum Gasteiger partial charge on any atom is 0.173 e. The van der Waals surface area contributed by atoms with Gasteiger partial charge in [-0.3, -0.25) is 0 Å². The summed E-state index contributed by atoms with van der Waals surface area (Å²) < 4.78 is 30.5. The summed E-state index contributed by atoms with van der Waals surface area (Å²) in [5, 5.41) is 0. The van der Waals surface area contributed by atoms with Gasteiger partial charge in [-0.1, -0.05) is 208 Å². The zero-order valence-electron chi connectivity index (χ0n) is 67.4. The Morgan fingerprint density at radius 2 is 0.667 bits per heavy atom. The van der Waals surface area contributed by atoms with Crippen molar-refractivity contribution in [1.29, 1.82) is 0 Å². The lowest BCUT2D eigenvalue weighted by atomic mass is 10.1. The molecule has 0 amide bonds. The second-order valence-corrected chi connectivity index (χ2v) is 46.9. The molecule has 0 spiro atoms. The quantitative estimate of drug-likeness (QED) is 0.0206. The van der Waals surface area contributed by atoms with Crippen LogP contribution >= 0.6 is 0 Å². The van der Waals surface area contributed by atoms with E-state index in [2.05, 4.69) is 168 Å². The molecule has 102 heavy (non-hydrogen) atoms. The van der Waals surface area contributed by atoms with Gasteiger partial charge >= 0.3 is 0 Å². The smallest absolute Gasteiger partial charge is 0.173 e. The molecule has 0 fully saturated rings. The van der Waals surface area contributed by atoms with Crippen LogP contribution in [0.3, 0.4) is 0 Å². The summed E-state index contributed by atoms with van der Waals surface area (Å²) >= 11 is 0. The SMILES string of the molecule is C=CC(C)C.C=CCOc1ccc(-c2ncc(CCCCCCCCCC)cn2)cc1.CCCCCCCCCCc1cnc(-c2ccc(OCCC[Si](C)(C)O[SiH](C)C)cc2)nc1.CCCCCCCCCCc1cnc(-c2ccc(OCCC[Si](C)(C)O[Si](C)(C)CCC(C)C)cc2)nc1. The van der Waals surface area contributed by atoms with Crippen molar-refractivity contribution in [3.8, 4) is 51.4 Å². The van der Waals surface area contributed by atoms with Crippen LogP contribution in [0.5, 0.6) is 17.2 Å². The van der Waals surface area contributed by atoms with Gasteiger partial charge in [0.2, 0.25) is 0 Å². The first-order valence-corrected chi connectivity index (χ1v) is 52.5. The van der Waals surface area contributed by atoms with Gasteiger partial charge in [0.25, 0.3) is 0 Å². The highest BCUT2D eigenvalue weighted by Gasteiger charge is 2.32. The molecule has 0 saturated heterocycles. The molecule has 6 aromatic rings. The molecule has 15 heteroatoms. The van der Waals surface area contributed by atoms with Crippen LogP contribution in [0.25, 0.3) is 34.2 Å². The number of ether oxygens (including phenoxy) is 3. The minimum absolute atomic E-state index is 0.517. The predicted molar refractivity (Wildman–Crippen MR) is 450 cm³/mol. The molecule has 3 aromatic heterocycles. The number of hydrogen-bond acceptors (Lipinski definition) is 11. The van der Waals surface area contributed by atoms with E-state index in [0.29, 0.717) is 12.5 Å². The van der Waals surface area contributed by atoms with Crippen LogP contribution in [0.2, 0.25) is 70.5 Å². The monoisotopic (exact) mass is 1470 g/mol. The average molecular weight is 1470 g/mol. The van der Waals surface area contributed by atoms with Gasteiger partial charge in [-0.2, -0.15) is 0 Å². The fourth-order valence-electron chi connectivity index (χ4n) is 12.1. The Morgan fingerprint density at radius 3 is 0.951 bits per heavy atom. The molecule has 0 atom stereocenters. The first-order chi connectivity index (χ1) is 49.1. The molecule has 6 rings (SSSR count). The molecule has 0 radical (unpaired) electrons. The fourth-order valence-corrected chi connectivity index (χ4v) is 27.7. The maximum atomic E-state index is 6.76. The molecule has 0 saturated carbocycles. The van der Waals surface area contributed by atoms with Gasteiger partial charge in [0.05, 0.1) is 13.2 Å². The van der Waals surface area contributed by atoms with E-state index < -0.39 is 34.0 Å². The van der Waals surface area contributed by atoms with Gasteiger partial charge in [0.1, 0.15) is 23.9 Å². The van der Waals surface area contributed by atoms with Crippen LogP contribution in [0.4, 0.5) is 0 Å². The average Bonchev–Trinajstić information content (AvgIpc) is 0.875. The van der Waals surface area contributed by atoms with Crippen molar-refractivity contribution in [3.63, 3.8) is 0 Å². The van der Waals surface area contributed by atoms with Gasteiger partial charge < -0.3 is 22.4 Å². The van der Waals surface area contributed by atoms with Crippen LogP contribution in [-0.4, -0.2) is 83.7 Å². The Balaban J connectivity index is 0.000000390. The van der Waals surface area contributed by atoms with E-state index in [1.165, 1.54) is 183 Å². The number of aromatic nitrogens is 6. The van der Waals surface area contributed by atoms with E-state index in [9.17, 15) is 0 Å². The van der Waals surface area contributed by atoms with Gasteiger partial charge in [-0.15, -0.1) is 6.58 Å². The van der Waals surface area contributed by atoms with Gasteiger partial charge in [-0.05, 0) is 223 Å². The molecule has 0 unspecified atom stereocenters. The van der Waals surface area contributed by atoms with Crippen molar-refractivity contribution in [2.24, 2.45) is 11.8 Å². The predicted octanol–water partition coefficient (Wildman–Crippen LogP) is 26.1. The molecule has 0 aliphatic rings. The highest BCUT2D eigenvalue weighted by Crippen LogP contribution is 2.28. The third-order valence-electron chi connectivity index (χ3n) is 18.1. The molecular formula is C87H144N6O5Si4. The van der Waals surface area contributed by atoms with E-state index in [1.54, 1.807) is 6.08 Å². The van der Waals surface area contributed by atoms with Crippen LogP contribution in [0.15, 0.2) is 135 Å². The number of allylic oxidation sites excluding steroid dienone is 1. The maximum absolute atomic E-state index is 6.76. The largest absolute Gasteiger partial charge is 0.494 e. The molecule has 0 aliphatic carbocycles. The minimum Gasteiger partial charge on any atom is -0.494 e. The third-order valence-corrected chi connectivity index (χ3v) is 31.5. The second kappa shape index (κ2) is 55.1. The topological polar surface area (TPSA) is 123 Å². The van der Waals surface area contributed by atoms with Crippen LogP contribution in [0, 0.1) is 11.8 Å². The first kappa shape index (κ1) is 90.8. The third kappa shape index (κ3) is 45.0. The summed E-state index contributed by atoms with van der Waals surface area (Å²) in [7, 11) is -5.70. The summed E-state index contributed by atoms with van der Waals surface area (Å²) in [5.74, 6) is 6.38. The van der Waals surface area contributed by atoms with Crippen molar-refractivity contribution in [2.75, 3.05) is 19.8 Å². The van der Waals surface area contributed by atoms with E-state index >= 15 is 0 Å². The van der Waals surface area contributed by atoms with Crippen molar-refractivity contribution < 1.29 is 22.4 Å². The Bertz CT molecular complexity index is 3000. The van der Waals surface area contributed by atoms with E-state index in [1.807, 2.05) is 91.8 Å². The van der Waals surface area contributed by atoms with E-state index in [0.717, 1.165) is 115 Å². The number of benzene rings is 3. The Kier molecular flexibility index (Phi) is 49.0. The Labute approximate surface area is 629 Å². The van der Waals surface area contributed by atoms with Gasteiger partial charge in [0, 0.05) is 53.9 Å². The van der Waals surface area contributed by atoms with Gasteiger partial charge in [0.15, 0.2) is 51.5 Å². The highest BCUT2D eigenvalue weighted by molar-refractivity contribution is 6.84. The van der Waals surface area contributed by atoms with Gasteiger partial charge in [-0.25, -0.2) is 29.9 Å². The van der Waals surface area contributed by atoms with Crippen molar-refractivity contribution >= 4 is 34.0 Å². The molecular weight excluding hydrogens is 1320 g/mol. The Morgan fingerprint density at radius 1 is 0.382 bits per heavy atom. The summed E-state index contributed by atoms with van der Waals surface area (Å²) in [4.78, 5) is 27.5. The van der Waals surface area contributed by atoms with Crippen molar-refractivity contribution in [2.45, 2.75) is 312 Å². The van der Waals surface area contributed by atoms with Crippen LogP contribution in [0.1, 0.15) is 239 Å². The molecule has 3 aromatic carbocycles. The standard InChI is InChI=1S/C32H56N2O2Si2.C27H46N2O2Si2.C23H32N2O.C5H10/c1-8-9-10-11-12-13-14-15-17-29-26-33-32(34-27-29)30-18-20-31(21-19-30)35-23-16-24-37(4,5)36-38(6,7)25-22-28(2)3;1-6-7-8-9-10-11-12-13-15-24-22-28-27(29-23-24)25-16-18-26(19-17-25)30-20-14-21-33(4,5)31-32(2)3;1-3-5-6-7-8-9-10-11-12-20-18-24-23(25-19-20)21-13-15-22(16-14-21)26-17-4-2;1-4-5(2)3/h18-21,26-28H,8-17,22-25H2,1-7H3;16-19,22-23,32H,6-15,20-21H2,1-5H3;4,13-16,18-19H,2-3,5-12,17H2,1H3;4-5H,1H2,2-3H3. The summed E-state index contributed by atoms with van der Waals surface area (Å²) in [5.41, 5.74) is 6.78. The summed E-state index contributed by atoms with van der Waals surface area (Å²) in [6, 6.07) is 27.8. The zero-order chi connectivity index (χ0) is 74.5. The molecule has 3 heterocycles. The first-order valence-electron chi connectivity index (χ1n) is 40.3. The second-order valence-electron chi connectivity index (χ2n) is 31.0. The van der Waals surface area contributed by atoms with Crippen molar-refractivity contribution in [3.05, 3.63) is 152 Å². The lowest BCUT2D eigenvalue weighted by molar-refractivity contribution is 0.314. The normalized spacial score (nSPS) is 11.5. The number of nitrogens with zero attached hydrogens (tertiary/aromatic N) is 6. The minimum atomic E-state index is -1.66. The fraction of sp³-hybridized carbons (Fsp3) is 0.609. The lowest BCUT2D eigenvalue weighted by Gasteiger charge is -2.34. The molecule has 11 nitrogen and oxygen atoms in total. The molecule has 568 valence electrons. The Hall–Kier alpha value is -5.43. The van der Waals surface area contributed by atoms with E-state index in [-0.39, 0.29) is 0 Å². The zero-order valence-corrected chi connectivity index (χ0v) is 71.5. The lowest BCUT2D eigenvalue weighted by Crippen LogP contribution is -2.44. The number of hydrogen-bond donors (Lipinski definition) is 0. The number of aryl methyl sites for hydroxylation is 3. The van der Waals surface area contributed by atoms with Crippen LogP contribution < -0.4 is 14.2 Å². The van der Waals surface area contributed by atoms with Crippen LogP contribution in [-0.2, 0) is 27.5 Å². The summed E-state index contributed by atoms with van der Waals surface area (Å²) in [6.45, 7) is 43.5. The molecule has 0 N–H and O–H groups in total. The molecule has 0 bridgehead atoms. The van der Waals surface area contributed by atoms with Crippen molar-refractivity contribution in [1.82, 2.24) is 29.9 Å². The van der Waals surface area contributed by atoms with E-state index in [4.69, 9.17) is 22.4 Å². The number of rotatable bonds is 51.